The highest BCUT2D eigenvalue weighted by Gasteiger charge is 2.62. The molecule has 0 aromatic rings. The molecular formula is C25H42O4. The lowest BCUT2D eigenvalue weighted by atomic mass is 9.43. The summed E-state index contributed by atoms with van der Waals surface area (Å²) >= 11 is 0. The first-order valence-electron chi connectivity index (χ1n) is 12.0. The van der Waals surface area contributed by atoms with Gasteiger partial charge in [0.2, 0.25) is 0 Å². The van der Waals surface area contributed by atoms with Crippen LogP contribution in [0.3, 0.4) is 0 Å². The van der Waals surface area contributed by atoms with Gasteiger partial charge >= 0.3 is 0 Å². The number of ketones is 1. The van der Waals surface area contributed by atoms with Crippen LogP contribution in [0.1, 0.15) is 78.6 Å². The maximum Gasteiger partial charge on any atom is 0.133 e. The predicted octanol–water partition coefficient (Wildman–Crippen LogP) is 4.63. The minimum atomic E-state index is -0.524. The summed E-state index contributed by atoms with van der Waals surface area (Å²) in [5.41, 5.74) is -0.115. The fourth-order valence-electron chi connectivity index (χ4n) is 8.59. The zero-order chi connectivity index (χ0) is 20.9. The summed E-state index contributed by atoms with van der Waals surface area (Å²) in [6.07, 6.45) is 10.1. The first-order valence-corrected chi connectivity index (χ1v) is 12.0. The summed E-state index contributed by atoms with van der Waals surface area (Å²) in [7, 11) is 1.73. The first-order chi connectivity index (χ1) is 13.7. The summed E-state index contributed by atoms with van der Waals surface area (Å²) in [5.74, 6) is 3.34. The van der Waals surface area contributed by atoms with Crippen molar-refractivity contribution in [1.29, 1.82) is 0 Å². The lowest BCUT2D eigenvalue weighted by molar-refractivity contribution is -0.180. The average Bonchev–Trinajstić information content (AvgIpc) is 3.02. The Kier molecular flexibility index (Phi) is 5.94. The molecule has 0 aliphatic heterocycles. The molecule has 0 bridgehead atoms. The summed E-state index contributed by atoms with van der Waals surface area (Å²) in [6.45, 7) is 8.39. The minimum Gasteiger partial charge on any atom is -0.390 e. The Bertz CT molecular complexity index is 616. The van der Waals surface area contributed by atoms with E-state index in [4.69, 9.17) is 9.47 Å². The van der Waals surface area contributed by atoms with Crippen molar-refractivity contribution in [2.24, 2.45) is 40.4 Å². The molecule has 0 amide bonds. The summed E-state index contributed by atoms with van der Waals surface area (Å²) in [4.78, 5) is 12.4. The molecule has 0 aromatic heterocycles. The number of fused-ring (bicyclic) bond motifs is 5. The largest absolute Gasteiger partial charge is 0.390 e. The zero-order valence-corrected chi connectivity index (χ0v) is 19.0. The molecule has 8 atom stereocenters. The number of aliphatic hydroxyl groups is 1. The van der Waals surface area contributed by atoms with E-state index in [1.165, 1.54) is 32.1 Å². The molecule has 0 heterocycles. The second-order valence-corrected chi connectivity index (χ2v) is 11.4. The number of carbonyl (C=O) groups is 1. The van der Waals surface area contributed by atoms with E-state index in [1.807, 2.05) is 13.8 Å². The number of ether oxygens (including phenoxy) is 2. The summed E-state index contributed by atoms with van der Waals surface area (Å²) < 4.78 is 11.4. The highest BCUT2D eigenvalue weighted by atomic mass is 16.5. The normalized spacial score (nSPS) is 49.2. The summed E-state index contributed by atoms with van der Waals surface area (Å²) in [6, 6.07) is 0. The van der Waals surface area contributed by atoms with Gasteiger partial charge in [-0.2, -0.15) is 0 Å². The lowest BCUT2D eigenvalue weighted by Gasteiger charge is -2.62. The molecule has 4 aliphatic rings. The zero-order valence-electron chi connectivity index (χ0n) is 19.0. The highest BCUT2D eigenvalue weighted by molar-refractivity contribution is 5.79. The second kappa shape index (κ2) is 7.91. The first kappa shape index (κ1) is 21.8. The molecule has 29 heavy (non-hydrogen) atoms. The standard InChI is InChI=1S/C25H42O4/c1-17(26)20-7-8-21-19-6-5-18-15-23(2,27)11-12-25(18,16-29-14-13-28-4)22(19)9-10-24(20,21)3/h18-22,27H,5-16H2,1-4H3/t18-,19-,20+,21-,22-,23+,24+,25+/m0/s1. The van der Waals surface area contributed by atoms with Crippen molar-refractivity contribution in [3.05, 3.63) is 0 Å². The van der Waals surface area contributed by atoms with Gasteiger partial charge in [0.25, 0.3) is 0 Å². The highest BCUT2D eigenvalue weighted by Crippen LogP contribution is 2.68. The SMILES string of the molecule is COCCOC[C@]12CC[C@@](C)(O)C[C@@H]1CC[C@H]1[C@@H]3CC[C@H](C(C)=O)[C@@]3(C)CC[C@@H]12. The number of rotatable bonds is 6. The van der Waals surface area contributed by atoms with Crippen molar-refractivity contribution in [3.63, 3.8) is 0 Å². The molecule has 4 nitrogen and oxygen atoms in total. The van der Waals surface area contributed by atoms with Crippen molar-refractivity contribution in [3.8, 4) is 0 Å². The number of Topliss-reactive ketones (excluding diaryl/α,β-unsaturated/α-hetero) is 1. The minimum absolute atomic E-state index is 0.203. The van der Waals surface area contributed by atoms with Crippen LogP contribution in [0.2, 0.25) is 0 Å². The monoisotopic (exact) mass is 406 g/mol. The summed E-state index contributed by atoms with van der Waals surface area (Å²) in [5, 5.41) is 10.8. The maximum absolute atomic E-state index is 12.4. The van der Waals surface area contributed by atoms with Gasteiger partial charge in [-0.25, -0.2) is 0 Å². The Balaban J connectivity index is 1.60. The Labute approximate surface area is 177 Å². The molecule has 4 aliphatic carbocycles. The Hall–Kier alpha value is -0.450. The predicted molar refractivity (Wildman–Crippen MR) is 114 cm³/mol. The van der Waals surface area contributed by atoms with Crippen molar-refractivity contribution in [2.75, 3.05) is 26.9 Å². The van der Waals surface area contributed by atoms with Crippen LogP contribution in [0.5, 0.6) is 0 Å². The van der Waals surface area contributed by atoms with Gasteiger partial charge in [0.05, 0.1) is 25.4 Å². The van der Waals surface area contributed by atoms with Crippen LogP contribution in [0.25, 0.3) is 0 Å². The van der Waals surface area contributed by atoms with E-state index in [2.05, 4.69) is 6.92 Å². The molecule has 1 N–H and O–H groups in total. The van der Waals surface area contributed by atoms with Crippen LogP contribution in [0.4, 0.5) is 0 Å². The smallest absolute Gasteiger partial charge is 0.133 e. The van der Waals surface area contributed by atoms with E-state index in [9.17, 15) is 9.90 Å². The van der Waals surface area contributed by atoms with Crippen LogP contribution < -0.4 is 0 Å². The van der Waals surface area contributed by atoms with Crippen molar-refractivity contribution >= 4 is 5.78 Å². The van der Waals surface area contributed by atoms with E-state index in [-0.39, 0.29) is 16.7 Å². The molecule has 4 fully saturated rings. The molecule has 4 rings (SSSR count). The molecule has 166 valence electrons. The molecule has 0 unspecified atom stereocenters. The molecular weight excluding hydrogens is 364 g/mol. The van der Waals surface area contributed by atoms with E-state index < -0.39 is 5.60 Å². The van der Waals surface area contributed by atoms with Gasteiger partial charge < -0.3 is 14.6 Å². The Morgan fingerprint density at radius 3 is 2.52 bits per heavy atom. The number of carbonyl (C=O) groups excluding carboxylic acids is 1. The van der Waals surface area contributed by atoms with Crippen LogP contribution in [0, 0.1) is 40.4 Å². The molecule has 4 saturated carbocycles. The number of hydrogen-bond donors (Lipinski definition) is 1. The van der Waals surface area contributed by atoms with E-state index >= 15 is 0 Å². The molecule has 0 spiro atoms. The van der Waals surface area contributed by atoms with Crippen LogP contribution in [0.15, 0.2) is 0 Å². The molecule has 0 aromatic carbocycles. The number of methoxy groups -OCH3 is 1. The van der Waals surface area contributed by atoms with Gasteiger partial charge in [0.1, 0.15) is 5.78 Å². The number of hydrogen-bond acceptors (Lipinski definition) is 4. The quantitative estimate of drug-likeness (QED) is 0.654. The van der Waals surface area contributed by atoms with Gasteiger partial charge in [-0.05, 0) is 106 Å². The van der Waals surface area contributed by atoms with E-state index in [0.717, 1.165) is 38.2 Å². The van der Waals surface area contributed by atoms with Gasteiger partial charge in [-0.3, -0.25) is 4.79 Å². The van der Waals surface area contributed by atoms with Crippen LogP contribution in [-0.4, -0.2) is 43.4 Å². The average molecular weight is 407 g/mol. The van der Waals surface area contributed by atoms with Gasteiger partial charge in [0.15, 0.2) is 0 Å². The van der Waals surface area contributed by atoms with Crippen molar-refractivity contribution in [2.45, 2.75) is 84.2 Å². The topological polar surface area (TPSA) is 55.8 Å². The molecule has 4 heteroatoms. The van der Waals surface area contributed by atoms with Gasteiger partial charge in [0, 0.05) is 13.0 Å². The van der Waals surface area contributed by atoms with Gasteiger partial charge in [-0.15, -0.1) is 0 Å². The third-order valence-corrected chi connectivity index (χ3v) is 9.95. The third-order valence-electron chi connectivity index (χ3n) is 9.95. The van der Waals surface area contributed by atoms with Crippen LogP contribution in [-0.2, 0) is 14.3 Å². The van der Waals surface area contributed by atoms with Crippen LogP contribution >= 0.6 is 0 Å². The molecule has 0 saturated heterocycles. The second-order valence-electron chi connectivity index (χ2n) is 11.4. The van der Waals surface area contributed by atoms with Crippen molar-refractivity contribution in [1.82, 2.24) is 0 Å². The fourth-order valence-corrected chi connectivity index (χ4v) is 8.59. The van der Waals surface area contributed by atoms with Crippen molar-refractivity contribution < 1.29 is 19.4 Å². The Morgan fingerprint density at radius 2 is 1.79 bits per heavy atom. The third kappa shape index (κ3) is 3.61. The molecule has 0 radical (unpaired) electrons. The van der Waals surface area contributed by atoms with E-state index in [0.29, 0.717) is 36.8 Å². The lowest BCUT2D eigenvalue weighted by Crippen LogP contribution is -2.58. The fraction of sp³-hybridized carbons (Fsp3) is 0.960. The maximum atomic E-state index is 12.4. The Morgan fingerprint density at radius 1 is 1.00 bits per heavy atom. The van der Waals surface area contributed by atoms with Gasteiger partial charge in [-0.1, -0.05) is 6.92 Å². The van der Waals surface area contributed by atoms with E-state index in [1.54, 1.807) is 7.11 Å².